The maximum atomic E-state index is 11.0. The van der Waals surface area contributed by atoms with Crippen LogP contribution >= 0.6 is 0 Å². The summed E-state index contributed by atoms with van der Waals surface area (Å²) in [5.74, 6) is 1.93. The number of aromatic carboxylic acids is 1. The number of anilines is 1. The van der Waals surface area contributed by atoms with Gasteiger partial charge in [-0.1, -0.05) is 5.92 Å². The molecule has 0 aliphatic carbocycles. The first-order chi connectivity index (χ1) is 7.57. The maximum absolute atomic E-state index is 11.0. The van der Waals surface area contributed by atoms with Crippen molar-refractivity contribution in [2.45, 2.75) is 19.9 Å². The van der Waals surface area contributed by atoms with Crippen LogP contribution in [0.1, 0.15) is 24.2 Å². The van der Waals surface area contributed by atoms with Crippen molar-refractivity contribution in [2.24, 2.45) is 0 Å². The summed E-state index contributed by atoms with van der Waals surface area (Å²) in [6, 6.07) is 3.22. The highest BCUT2D eigenvalue weighted by Crippen LogP contribution is 2.18. The zero-order chi connectivity index (χ0) is 12.1. The number of carboxylic acid groups (broad SMARTS) is 1. The van der Waals surface area contributed by atoms with Gasteiger partial charge in [0.15, 0.2) is 0 Å². The van der Waals surface area contributed by atoms with Crippen molar-refractivity contribution in [3.8, 4) is 12.3 Å². The van der Waals surface area contributed by atoms with Gasteiger partial charge in [0.05, 0.1) is 6.54 Å². The van der Waals surface area contributed by atoms with Crippen molar-refractivity contribution in [2.75, 3.05) is 11.4 Å². The van der Waals surface area contributed by atoms with Crippen molar-refractivity contribution < 1.29 is 9.90 Å². The average molecular weight is 218 g/mol. The topological polar surface area (TPSA) is 53.4 Å². The molecule has 0 saturated carbocycles. The molecule has 0 saturated heterocycles. The van der Waals surface area contributed by atoms with Gasteiger partial charge in [-0.15, -0.1) is 6.42 Å². The lowest BCUT2D eigenvalue weighted by atomic mass is 10.2. The van der Waals surface area contributed by atoms with Gasteiger partial charge in [0.1, 0.15) is 11.4 Å². The molecule has 1 heterocycles. The molecule has 84 valence electrons. The second-order valence-electron chi connectivity index (χ2n) is 3.61. The van der Waals surface area contributed by atoms with Gasteiger partial charge in [0.25, 0.3) is 0 Å². The lowest BCUT2D eigenvalue weighted by molar-refractivity contribution is 0.0697. The Kier molecular flexibility index (Phi) is 3.90. The first kappa shape index (κ1) is 12.1. The highest BCUT2D eigenvalue weighted by molar-refractivity contribution is 5.93. The van der Waals surface area contributed by atoms with Crippen LogP contribution in [0.25, 0.3) is 0 Å². The van der Waals surface area contributed by atoms with Gasteiger partial charge < -0.3 is 10.0 Å². The molecule has 1 rings (SSSR count). The molecule has 16 heavy (non-hydrogen) atoms. The van der Waals surface area contributed by atoms with Gasteiger partial charge in [-0.3, -0.25) is 0 Å². The molecule has 0 aliphatic heterocycles. The van der Waals surface area contributed by atoms with Crippen LogP contribution < -0.4 is 4.90 Å². The summed E-state index contributed by atoms with van der Waals surface area (Å²) in [4.78, 5) is 16.9. The first-order valence-corrected chi connectivity index (χ1v) is 4.96. The number of aromatic nitrogens is 1. The van der Waals surface area contributed by atoms with Crippen molar-refractivity contribution in [3.05, 3.63) is 23.9 Å². The lowest BCUT2D eigenvalue weighted by Crippen LogP contribution is -2.33. The van der Waals surface area contributed by atoms with Crippen molar-refractivity contribution >= 4 is 11.8 Å². The fourth-order valence-electron chi connectivity index (χ4n) is 1.39. The number of rotatable bonds is 4. The number of nitrogens with zero attached hydrogens (tertiary/aromatic N) is 2. The summed E-state index contributed by atoms with van der Waals surface area (Å²) in [7, 11) is 0. The molecular formula is C12H14N2O2. The fraction of sp³-hybridized carbons (Fsp3) is 0.333. The van der Waals surface area contributed by atoms with E-state index in [2.05, 4.69) is 10.9 Å². The molecule has 1 aromatic heterocycles. The van der Waals surface area contributed by atoms with Crippen molar-refractivity contribution in [3.63, 3.8) is 0 Å². The molecule has 1 aromatic rings. The molecule has 4 nitrogen and oxygen atoms in total. The number of terminal acetylenes is 1. The molecular weight excluding hydrogens is 204 g/mol. The molecule has 0 fully saturated rings. The normalized spacial score (nSPS) is 9.88. The Morgan fingerprint density at radius 3 is 2.88 bits per heavy atom. The monoisotopic (exact) mass is 218 g/mol. The van der Waals surface area contributed by atoms with Crippen molar-refractivity contribution in [1.82, 2.24) is 4.98 Å². The zero-order valence-corrected chi connectivity index (χ0v) is 9.34. The molecule has 0 bridgehead atoms. The Bertz CT molecular complexity index is 421. The van der Waals surface area contributed by atoms with Gasteiger partial charge >= 0.3 is 5.97 Å². The van der Waals surface area contributed by atoms with Gasteiger partial charge in [-0.25, -0.2) is 9.78 Å². The third kappa shape index (κ3) is 2.51. The van der Waals surface area contributed by atoms with E-state index >= 15 is 0 Å². The molecule has 0 aliphatic rings. The number of carboxylic acids is 1. The van der Waals surface area contributed by atoms with Crippen molar-refractivity contribution in [1.29, 1.82) is 0 Å². The Balaban J connectivity index is 3.19. The van der Waals surface area contributed by atoms with E-state index in [9.17, 15) is 4.79 Å². The van der Waals surface area contributed by atoms with Crippen LogP contribution in [0, 0.1) is 12.3 Å². The van der Waals surface area contributed by atoms with E-state index in [4.69, 9.17) is 11.5 Å². The summed E-state index contributed by atoms with van der Waals surface area (Å²) in [5, 5.41) is 9.05. The number of carbonyl (C=O) groups is 1. The van der Waals surface area contributed by atoms with E-state index in [1.165, 1.54) is 6.07 Å². The predicted molar refractivity (Wildman–Crippen MR) is 62.5 cm³/mol. The summed E-state index contributed by atoms with van der Waals surface area (Å²) in [5.41, 5.74) is 0.173. The molecule has 0 radical (unpaired) electrons. The largest absolute Gasteiger partial charge is 0.478 e. The van der Waals surface area contributed by atoms with E-state index < -0.39 is 5.97 Å². The third-order valence-corrected chi connectivity index (χ3v) is 2.17. The smallest absolute Gasteiger partial charge is 0.339 e. The summed E-state index contributed by atoms with van der Waals surface area (Å²) in [6.07, 6.45) is 6.83. The SMILES string of the molecule is C#CCN(c1ncccc1C(=O)O)C(C)C. The number of hydrogen-bond donors (Lipinski definition) is 1. The minimum absolute atomic E-state index is 0.101. The van der Waals surface area contributed by atoms with Gasteiger partial charge in [-0.05, 0) is 26.0 Å². The maximum Gasteiger partial charge on any atom is 0.339 e. The molecule has 0 aromatic carbocycles. The van der Waals surface area contributed by atoms with Gasteiger partial charge in [0, 0.05) is 12.2 Å². The minimum atomic E-state index is -0.995. The summed E-state index contributed by atoms with van der Waals surface area (Å²) >= 11 is 0. The molecule has 0 atom stereocenters. The van der Waals surface area contributed by atoms with Crippen LogP contribution in [0.3, 0.4) is 0 Å². The van der Waals surface area contributed by atoms with Crippen LogP contribution in [-0.2, 0) is 0 Å². The number of pyridine rings is 1. The van der Waals surface area contributed by atoms with E-state index in [0.29, 0.717) is 12.4 Å². The van der Waals surface area contributed by atoms with Crippen LogP contribution in [0.5, 0.6) is 0 Å². The number of hydrogen-bond acceptors (Lipinski definition) is 3. The molecule has 4 heteroatoms. The van der Waals surface area contributed by atoms with Gasteiger partial charge in [-0.2, -0.15) is 0 Å². The quantitative estimate of drug-likeness (QED) is 0.780. The third-order valence-electron chi connectivity index (χ3n) is 2.17. The fourth-order valence-corrected chi connectivity index (χ4v) is 1.39. The van der Waals surface area contributed by atoms with E-state index in [-0.39, 0.29) is 11.6 Å². The van der Waals surface area contributed by atoms with Crippen LogP contribution in [-0.4, -0.2) is 28.6 Å². The summed E-state index contributed by atoms with van der Waals surface area (Å²) in [6.45, 7) is 4.23. The second-order valence-corrected chi connectivity index (χ2v) is 3.61. The molecule has 0 spiro atoms. The van der Waals surface area contributed by atoms with E-state index in [1.54, 1.807) is 17.2 Å². The average Bonchev–Trinajstić information content (AvgIpc) is 2.25. The standard InChI is InChI=1S/C12H14N2O2/c1-4-8-14(9(2)3)11-10(12(15)16)6-5-7-13-11/h1,5-7,9H,8H2,2-3H3,(H,15,16). The van der Waals surface area contributed by atoms with Crippen LogP contribution in [0.4, 0.5) is 5.82 Å². The lowest BCUT2D eigenvalue weighted by Gasteiger charge is -2.26. The Morgan fingerprint density at radius 1 is 1.69 bits per heavy atom. The van der Waals surface area contributed by atoms with E-state index in [1.807, 2.05) is 13.8 Å². The first-order valence-electron chi connectivity index (χ1n) is 4.96. The Morgan fingerprint density at radius 2 is 2.38 bits per heavy atom. The van der Waals surface area contributed by atoms with Crippen LogP contribution in [0.2, 0.25) is 0 Å². The highest BCUT2D eigenvalue weighted by Gasteiger charge is 2.18. The second kappa shape index (κ2) is 5.17. The Hall–Kier alpha value is -2.02. The zero-order valence-electron chi connectivity index (χ0n) is 9.34. The molecule has 0 amide bonds. The Labute approximate surface area is 94.9 Å². The molecule has 0 unspecified atom stereocenters. The molecule has 1 N–H and O–H groups in total. The van der Waals surface area contributed by atoms with Gasteiger partial charge in [0.2, 0.25) is 0 Å². The minimum Gasteiger partial charge on any atom is -0.478 e. The predicted octanol–water partition coefficient (Wildman–Crippen LogP) is 1.63. The highest BCUT2D eigenvalue weighted by atomic mass is 16.4. The summed E-state index contributed by atoms with van der Waals surface area (Å²) < 4.78 is 0. The van der Waals surface area contributed by atoms with E-state index in [0.717, 1.165) is 0 Å². The van der Waals surface area contributed by atoms with Crippen LogP contribution in [0.15, 0.2) is 18.3 Å².